The molecule has 0 radical (unpaired) electrons. The molecule has 6 heteroatoms. The van der Waals surface area contributed by atoms with Gasteiger partial charge >= 0.3 is 0 Å². The molecule has 0 bridgehead atoms. The van der Waals surface area contributed by atoms with Crippen molar-refractivity contribution in [2.75, 3.05) is 26.4 Å². The number of hydrogen-bond acceptors (Lipinski definition) is 4. The van der Waals surface area contributed by atoms with Gasteiger partial charge in [0, 0.05) is 25.6 Å². The summed E-state index contributed by atoms with van der Waals surface area (Å²) in [6.07, 6.45) is 2.82. The second kappa shape index (κ2) is 7.94. The highest BCUT2D eigenvalue weighted by Gasteiger charge is 2.24. The molecule has 2 saturated heterocycles. The van der Waals surface area contributed by atoms with Gasteiger partial charge in [-0.1, -0.05) is 0 Å². The van der Waals surface area contributed by atoms with E-state index in [2.05, 4.69) is 10.6 Å². The summed E-state index contributed by atoms with van der Waals surface area (Å²) in [5.74, 6) is 0.0796. The van der Waals surface area contributed by atoms with E-state index in [1.165, 1.54) is 0 Å². The van der Waals surface area contributed by atoms with Gasteiger partial charge in [-0.15, -0.1) is 12.4 Å². The molecule has 18 heavy (non-hydrogen) atoms. The molecule has 3 unspecified atom stereocenters. The molecule has 106 valence electrons. The van der Waals surface area contributed by atoms with Crippen molar-refractivity contribution in [1.29, 1.82) is 0 Å². The highest BCUT2D eigenvalue weighted by atomic mass is 35.5. The maximum absolute atomic E-state index is 11.8. The fourth-order valence-electron chi connectivity index (χ4n) is 2.38. The normalized spacial score (nSPS) is 29.4. The van der Waals surface area contributed by atoms with Crippen LogP contribution in [0.1, 0.15) is 26.2 Å². The largest absolute Gasteiger partial charge is 0.378 e. The molecule has 2 N–H and O–H groups in total. The average molecular weight is 279 g/mol. The van der Waals surface area contributed by atoms with Gasteiger partial charge in [0.1, 0.15) is 0 Å². The van der Waals surface area contributed by atoms with Crippen LogP contribution in [0, 0.1) is 0 Å². The maximum Gasteiger partial charge on any atom is 0.221 e. The van der Waals surface area contributed by atoms with Crippen LogP contribution in [0.15, 0.2) is 0 Å². The van der Waals surface area contributed by atoms with Crippen LogP contribution in [0.2, 0.25) is 0 Å². The minimum absolute atomic E-state index is 0. The van der Waals surface area contributed by atoms with Crippen molar-refractivity contribution in [3.8, 4) is 0 Å². The van der Waals surface area contributed by atoms with Crippen molar-refractivity contribution in [3.63, 3.8) is 0 Å². The summed E-state index contributed by atoms with van der Waals surface area (Å²) >= 11 is 0. The van der Waals surface area contributed by atoms with Gasteiger partial charge in [-0.2, -0.15) is 0 Å². The quantitative estimate of drug-likeness (QED) is 0.785. The van der Waals surface area contributed by atoms with E-state index in [1.54, 1.807) is 0 Å². The summed E-state index contributed by atoms with van der Waals surface area (Å²) in [5, 5.41) is 6.29. The Morgan fingerprint density at radius 3 is 2.94 bits per heavy atom. The Morgan fingerprint density at radius 2 is 2.33 bits per heavy atom. The molecule has 2 rings (SSSR count). The Hall–Kier alpha value is -0.360. The number of ether oxygens (including phenoxy) is 2. The monoisotopic (exact) mass is 278 g/mol. The van der Waals surface area contributed by atoms with Crippen LogP contribution in [0.4, 0.5) is 0 Å². The predicted octanol–water partition coefficient (Wildman–Crippen LogP) is 0.470. The number of amides is 1. The van der Waals surface area contributed by atoms with E-state index < -0.39 is 0 Å². The zero-order chi connectivity index (χ0) is 12.1. The van der Waals surface area contributed by atoms with Gasteiger partial charge in [-0.25, -0.2) is 0 Å². The Balaban J connectivity index is 0.00000162. The molecule has 0 spiro atoms. The molecule has 0 aromatic rings. The van der Waals surface area contributed by atoms with E-state index >= 15 is 0 Å². The molecule has 2 aliphatic rings. The number of morpholine rings is 1. The van der Waals surface area contributed by atoms with E-state index in [-0.39, 0.29) is 36.5 Å². The molecule has 1 amide bonds. The zero-order valence-electron chi connectivity index (χ0n) is 10.8. The fourth-order valence-corrected chi connectivity index (χ4v) is 2.38. The zero-order valence-corrected chi connectivity index (χ0v) is 11.6. The number of nitrogens with one attached hydrogen (secondary N) is 2. The number of carbonyl (C=O) groups is 1. The van der Waals surface area contributed by atoms with Crippen molar-refractivity contribution in [2.45, 2.75) is 44.4 Å². The lowest BCUT2D eigenvalue weighted by Crippen LogP contribution is -2.47. The van der Waals surface area contributed by atoms with Crippen LogP contribution in [-0.2, 0) is 14.3 Å². The van der Waals surface area contributed by atoms with Gasteiger partial charge in [-0.05, 0) is 19.8 Å². The van der Waals surface area contributed by atoms with Crippen LogP contribution in [0.3, 0.4) is 0 Å². The summed E-state index contributed by atoms with van der Waals surface area (Å²) in [4.78, 5) is 11.8. The first kappa shape index (κ1) is 15.7. The highest BCUT2D eigenvalue weighted by Crippen LogP contribution is 2.15. The molecule has 2 heterocycles. The van der Waals surface area contributed by atoms with Crippen molar-refractivity contribution in [3.05, 3.63) is 0 Å². The number of carbonyl (C=O) groups excluding carboxylic acids is 1. The second-order valence-corrected chi connectivity index (χ2v) is 4.84. The SMILES string of the molecule is CC(NC(=O)CC1COCCN1)C1CCCO1.Cl. The van der Waals surface area contributed by atoms with Crippen LogP contribution < -0.4 is 10.6 Å². The third kappa shape index (κ3) is 4.72. The Morgan fingerprint density at radius 1 is 1.50 bits per heavy atom. The topological polar surface area (TPSA) is 59.6 Å². The summed E-state index contributed by atoms with van der Waals surface area (Å²) in [5.41, 5.74) is 0. The number of hydrogen-bond donors (Lipinski definition) is 2. The molecule has 2 aliphatic heterocycles. The molecular formula is C12H23ClN2O3. The molecule has 0 aliphatic carbocycles. The molecule has 0 aromatic carbocycles. The maximum atomic E-state index is 11.8. The molecule has 5 nitrogen and oxygen atoms in total. The molecule has 2 fully saturated rings. The Kier molecular flexibility index (Phi) is 6.92. The summed E-state index contributed by atoms with van der Waals surface area (Å²) < 4.78 is 10.9. The summed E-state index contributed by atoms with van der Waals surface area (Å²) in [6.45, 7) is 5.03. The van der Waals surface area contributed by atoms with Gasteiger partial charge in [0.05, 0.1) is 25.4 Å². The molecular weight excluding hydrogens is 256 g/mol. The first-order valence-electron chi connectivity index (χ1n) is 6.48. The van der Waals surface area contributed by atoms with Crippen molar-refractivity contribution in [2.24, 2.45) is 0 Å². The minimum atomic E-state index is 0. The third-order valence-corrected chi connectivity index (χ3v) is 3.34. The highest BCUT2D eigenvalue weighted by molar-refractivity contribution is 5.85. The van der Waals surface area contributed by atoms with E-state index in [0.717, 1.165) is 32.6 Å². The number of rotatable bonds is 4. The van der Waals surface area contributed by atoms with Crippen LogP contribution >= 0.6 is 12.4 Å². The standard InChI is InChI=1S/C12H22N2O3.ClH/c1-9(11-3-2-5-17-11)14-12(15)7-10-8-16-6-4-13-10;/h9-11,13H,2-8H2,1H3,(H,14,15);1H. The smallest absolute Gasteiger partial charge is 0.221 e. The van der Waals surface area contributed by atoms with Gasteiger partial charge in [0.25, 0.3) is 0 Å². The van der Waals surface area contributed by atoms with Crippen molar-refractivity contribution < 1.29 is 14.3 Å². The Bertz CT molecular complexity index is 254. The minimum Gasteiger partial charge on any atom is -0.378 e. The van der Waals surface area contributed by atoms with Gasteiger partial charge in [0.2, 0.25) is 5.91 Å². The first-order chi connectivity index (χ1) is 8.25. The van der Waals surface area contributed by atoms with Crippen LogP contribution in [-0.4, -0.2) is 50.5 Å². The lowest BCUT2D eigenvalue weighted by atomic mass is 10.1. The van der Waals surface area contributed by atoms with Gasteiger partial charge < -0.3 is 20.1 Å². The Labute approximate surface area is 114 Å². The summed E-state index contributed by atoms with van der Waals surface area (Å²) in [6, 6.07) is 0.259. The second-order valence-electron chi connectivity index (χ2n) is 4.84. The van der Waals surface area contributed by atoms with E-state index in [9.17, 15) is 4.79 Å². The predicted molar refractivity (Wildman–Crippen MR) is 71.1 cm³/mol. The lowest BCUT2D eigenvalue weighted by molar-refractivity contribution is -0.123. The van der Waals surface area contributed by atoms with Crippen molar-refractivity contribution >= 4 is 18.3 Å². The van der Waals surface area contributed by atoms with Crippen LogP contribution in [0.5, 0.6) is 0 Å². The van der Waals surface area contributed by atoms with Crippen LogP contribution in [0.25, 0.3) is 0 Å². The van der Waals surface area contributed by atoms with Gasteiger partial charge in [0.15, 0.2) is 0 Å². The first-order valence-corrected chi connectivity index (χ1v) is 6.48. The third-order valence-electron chi connectivity index (χ3n) is 3.34. The molecule has 0 aromatic heterocycles. The fraction of sp³-hybridized carbons (Fsp3) is 0.917. The van der Waals surface area contributed by atoms with E-state index in [4.69, 9.17) is 9.47 Å². The molecule has 3 atom stereocenters. The van der Waals surface area contributed by atoms with Crippen molar-refractivity contribution in [1.82, 2.24) is 10.6 Å². The lowest BCUT2D eigenvalue weighted by Gasteiger charge is -2.25. The average Bonchev–Trinajstić information content (AvgIpc) is 2.83. The van der Waals surface area contributed by atoms with E-state index in [0.29, 0.717) is 13.0 Å². The van der Waals surface area contributed by atoms with E-state index in [1.807, 2.05) is 6.92 Å². The number of halogens is 1. The van der Waals surface area contributed by atoms with Gasteiger partial charge in [-0.3, -0.25) is 4.79 Å². The molecule has 0 saturated carbocycles. The summed E-state index contributed by atoms with van der Waals surface area (Å²) in [7, 11) is 0.